The zero-order valence-corrected chi connectivity index (χ0v) is 11.2. The Morgan fingerprint density at radius 1 is 1.56 bits per heavy atom. The van der Waals surface area contributed by atoms with Crippen LogP contribution in [0, 0.1) is 6.92 Å². The van der Waals surface area contributed by atoms with Crippen LogP contribution in [0.2, 0.25) is 0 Å². The van der Waals surface area contributed by atoms with Gasteiger partial charge in [-0.3, -0.25) is 4.68 Å². The minimum Gasteiger partial charge on any atom is -0.462 e. The minimum atomic E-state index is -0.322. The van der Waals surface area contributed by atoms with Gasteiger partial charge in [-0.25, -0.2) is 9.78 Å². The Labute approximate surface area is 109 Å². The molecule has 6 heteroatoms. The Balaban J connectivity index is 1.95. The molecule has 0 aliphatic carbocycles. The van der Waals surface area contributed by atoms with Crippen LogP contribution >= 0.6 is 11.3 Å². The zero-order valence-electron chi connectivity index (χ0n) is 10.4. The molecular formula is C12H15N3O2S. The zero-order chi connectivity index (χ0) is 13.0. The first-order valence-electron chi connectivity index (χ1n) is 5.79. The summed E-state index contributed by atoms with van der Waals surface area (Å²) in [6.45, 7) is 4.90. The maximum Gasteiger partial charge on any atom is 0.341 e. The lowest BCUT2D eigenvalue weighted by molar-refractivity contribution is 0.0526. The van der Waals surface area contributed by atoms with Crippen molar-refractivity contribution in [1.82, 2.24) is 14.8 Å². The molecule has 0 aliphatic heterocycles. The third-order valence-corrected chi connectivity index (χ3v) is 3.55. The largest absolute Gasteiger partial charge is 0.462 e. The summed E-state index contributed by atoms with van der Waals surface area (Å²) < 4.78 is 6.67. The molecule has 2 aromatic heterocycles. The van der Waals surface area contributed by atoms with Crippen molar-refractivity contribution in [1.29, 1.82) is 0 Å². The second-order valence-electron chi connectivity index (χ2n) is 3.82. The van der Waals surface area contributed by atoms with Crippen LogP contribution in [0.4, 0.5) is 0 Å². The van der Waals surface area contributed by atoms with E-state index >= 15 is 0 Å². The third-order valence-electron chi connectivity index (χ3n) is 2.56. The van der Waals surface area contributed by atoms with Gasteiger partial charge in [-0.2, -0.15) is 5.10 Å². The van der Waals surface area contributed by atoms with Gasteiger partial charge in [0, 0.05) is 24.0 Å². The van der Waals surface area contributed by atoms with Crippen LogP contribution in [0.3, 0.4) is 0 Å². The van der Waals surface area contributed by atoms with E-state index in [1.165, 1.54) is 11.1 Å². The smallest absolute Gasteiger partial charge is 0.341 e. The molecule has 2 rings (SSSR count). The first-order valence-corrected chi connectivity index (χ1v) is 6.67. The molecule has 18 heavy (non-hydrogen) atoms. The first-order chi connectivity index (χ1) is 8.70. The number of nitrogens with zero attached hydrogens (tertiary/aromatic N) is 3. The van der Waals surface area contributed by atoms with E-state index in [1.54, 1.807) is 29.1 Å². The fourth-order valence-corrected chi connectivity index (χ4v) is 2.36. The van der Waals surface area contributed by atoms with E-state index in [4.69, 9.17) is 4.74 Å². The Morgan fingerprint density at radius 2 is 2.39 bits per heavy atom. The number of rotatable bonds is 5. The summed E-state index contributed by atoms with van der Waals surface area (Å²) in [5.74, 6) is -0.322. The lowest BCUT2D eigenvalue weighted by Crippen LogP contribution is -2.04. The fourth-order valence-electron chi connectivity index (χ4n) is 1.59. The summed E-state index contributed by atoms with van der Waals surface area (Å²) >= 11 is 1.65. The molecule has 0 aromatic carbocycles. The van der Waals surface area contributed by atoms with Crippen molar-refractivity contribution in [2.75, 3.05) is 6.61 Å². The molecule has 5 nitrogen and oxygen atoms in total. The summed E-state index contributed by atoms with van der Waals surface area (Å²) in [7, 11) is 0. The second-order valence-corrected chi connectivity index (χ2v) is 4.76. The van der Waals surface area contributed by atoms with Gasteiger partial charge in [-0.15, -0.1) is 11.3 Å². The number of ether oxygens (including phenoxy) is 1. The van der Waals surface area contributed by atoms with Crippen molar-refractivity contribution < 1.29 is 9.53 Å². The Hall–Kier alpha value is -1.69. The molecule has 0 radical (unpaired) electrons. The predicted octanol–water partition coefficient (Wildman–Crippen LogP) is 2.07. The van der Waals surface area contributed by atoms with Crippen LogP contribution in [0.5, 0.6) is 0 Å². The monoisotopic (exact) mass is 265 g/mol. The summed E-state index contributed by atoms with van der Waals surface area (Å²) in [6, 6.07) is 0. The molecule has 0 atom stereocenters. The maximum atomic E-state index is 11.5. The Bertz CT molecular complexity index is 533. The van der Waals surface area contributed by atoms with Gasteiger partial charge in [0.05, 0.1) is 29.6 Å². The van der Waals surface area contributed by atoms with Crippen LogP contribution in [-0.4, -0.2) is 27.3 Å². The quantitative estimate of drug-likeness (QED) is 0.777. The standard InChI is InChI=1S/C12H15N3O2S/c1-3-17-12(16)10-6-14-15(7-10)5-4-11-9(2)13-8-18-11/h6-8H,3-5H2,1-2H3. The van der Waals surface area contributed by atoms with Gasteiger partial charge in [0.15, 0.2) is 0 Å². The van der Waals surface area contributed by atoms with Crippen molar-refractivity contribution >= 4 is 17.3 Å². The number of aromatic nitrogens is 3. The molecule has 0 bridgehead atoms. The summed E-state index contributed by atoms with van der Waals surface area (Å²) in [5, 5.41) is 4.15. The maximum absolute atomic E-state index is 11.5. The highest BCUT2D eigenvalue weighted by Crippen LogP contribution is 2.13. The van der Waals surface area contributed by atoms with Crippen molar-refractivity contribution in [3.05, 3.63) is 34.0 Å². The van der Waals surface area contributed by atoms with E-state index in [0.717, 1.165) is 18.7 Å². The number of carbonyl (C=O) groups is 1. The van der Waals surface area contributed by atoms with Crippen LogP contribution in [-0.2, 0) is 17.7 Å². The second kappa shape index (κ2) is 5.77. The summed E-state index contributed by atoms with van der Waals surface area (Å²) in [4.78, 5) is 16.9. The van der Waals surface area contributed by atoms with E-state index in [0.29, 0.717) is 12.2 Å². The molecule has 0 unspecified atom stereocenters. The normalized spacial score (nSPS) is 10.6. The molecule has 0 aliphatic rings. The Morgan fingerprint density at radius 3 is 3.06 bits per heavy atom. The van der Waals surface area contributed by atoms with Gasteiger partial charge in [0.2, 0.25) is 0 Å². The minimum absolute atomic E-state index is 0.322. The Kier molecular flexibility index (Phi) is 4.09. The van der Waals surface area contributed by atoms with Gasteiger partial charge < -0.3 is 4.74 Å². The third kappa shape index (κ3) is 2.95. The van der Waals surface area contributed by atoms with Crippen molar-refractivity contribution in [3.63, 3.8) is 0 Å². The number of aryl methyl sites for hydroxylation is 3. The van der Waals surface area contributed by atoms with E-state index in [-0.39, 0.29) is 5.97 Å². The predicted molar refractivity (Wildman–Crippen MR) is 68.7 cm³/mol. The average molecular weight is 265 g/mol. The van der Waals surface area contributed by atoms with E-state index in [9.17, 15) is 4.79 Å². The van der Waals surface area contributed by atoms with Gasteiger partial charge >= 0.3 is 5.97 Å². The lowest BCUT2D eigenvalue weighted by atomic mass is 10.3. The highest BCUT2D eigenvalue weighted by molar-refractivity contribution is 7.09. The number of carbonyl (C=O) groups excluding carboxylic acids is 1. The highest BCUT2D eigenvalue weighted by atomic mass is 32.1. The molecule has 0 amide bonds. The van der Waals surface area contributed by atoms with Gasteiger partial charge in [-0.1, -0.05) is 0 Å². The number of thiazole rings is 1. The number of esters is 1. The fraction of sp³-hybridized carbons (Fsp3) is 0.417. The summed E-state index contributed by atoms with van der Waals surface area (Å²) in [6.07, 6.45) is 4.13. The molecule has 0 fully saturated rings. The molecule has 0 saturated carbocycles. The molecule has 0 spiro atoms. The van der Waals surface area contributed by atoms with Crippen molar-refractivity contribution in [2.45, 2.75) is 26.8 Å². The van der Waals surface area contributed by atoms with Crippen LogP contribution in [0.15, 0.2) is 17.9 Å². The average Bonchev–Trinajstić information content (AvgIpc) is 2.96. The molecule has 2 aromatic rings. The molecule has 0 saturated heterocycles. The van der Waals surface area contributed by atoms with Crippen molar-refractivity contribution in [2.24, 2.45) is 0 Å². The molecular weight excluding hydrogens is 250 g/mol. The van der Waals surface area contributed by atoms with Crippen molar-refractivity contribution in [3.8, 4) is 0 Å². The topological polar surface area (TPSA) is 57.0 Å². The van der Waals surface area contributed by atoms with Gasteiger partial charge in [0.25, 0.3) is 0 Å². The SMILES string of the molecule is CCOC(=O)c1cnn(CCc2scnc2C)c1. The van der Waals surface area contributed by atoms with Crippen LogP contribution < -0.4 is 0 Å². The molecule has 0 N–H and O–H groups in total. The number of hydrogen-bond acceptors (Lipinski definition) is 5. The van der Waals surface area contributed by atoms with E-state index in [2.05, 4.69) is 10.1 Å². The van der Waals surface area contributed by atoms with Crippen LogP contribution in [0.25, 0.3) is 0 Å². The first kappa shape index (κ1) is 12.8. The summed E-state index contributed by atoms with van der Waals surface area (Å²) in [5.41, 5.74) is 3.41. The molecule has 96 valence electrons. The van der Waals surface area contributed by atoms with Gasteiger partial charge in [-0.05, 0) is 13.8 Å². The van der Waals surface area contributed by atoms with E-state index in [1.807, 2.05) is 12.4 Å². The van der Waals surface area contributed by atoms with E-state index < -0.39 is 0 Å². The number of hydrogen-bond donors (Lipinski definition) is 0. The van der Waals surface area contributed by atoms with Gasteiger partial charge in [0.1, 0.15) is 0 Å². The highest BCUT2D eigenvalue weighted by Gasteiger charge is 2.09. The van der Waals surface area contributed by atoms with Crippen LogP contribution in [0.1, 0.15) is 27.9 Å². The lowest BCUT2D eigenvalue weighted by Gasteiger charge is -2.00. The molecule has 2 heterocycles.